The highest BCUT2D eigenvalue weighted by Crippen LogP contribution is 2.42. The van der Waals surface area contributed by atoms with Gasteiger partial charge in [0.25, 0.3) is 5.56 Å². The fraction of sp³-hybridized carbons (Fsp3) is 0.455. The Morgan fingerprint density at radius 2 is 2.00 bits per heavy atom. The van der Waals surface area contributed by atoms with Gasteiger partial charge in [-0.15, -0.1) is 0 Å². The maximum Gasteiger partial charge on any atom is 0.262 e. The Kier molecular flexibility index (Phi) is 4.88. The topological polar surface area (TPSA) is 111 Å². The van der Waals surface area contributed by atoms with Crippen molar-refractivity contribution >= 4 is 16.9 Å². The third-order valence-electron chi connectivity index (χ3n) is 6.17. The van der Waals surface area contributed by atoms with Crippen molar-refractivity contribution in [2.45, 2.75) is 44.1 Å². The number of aromatic nitrogens is 4. The first kappa shape index (κ1) is 19.6. The lowest BCUT2D eigenvalue weighted by Crippen LogP contribution is -2.44. The van der Waals surface area contributed by atoms with Crippen molar-refractivity contribution in [3.8, 4) is 11.5 Å². The molecule has 1 aliphatic carbocycles. The van der Waals surface area contributed by atoms with Gasteiger partial charge in [-0.25, -0.2) is 4.98 Å². The van der Waals surface area contributed by atoms with Crippen LogP contribution in [0.5, 0.6) is 11.5 Å². The molecule has 1 fully saturated rings. The molecule has 2 aliphatic rings. The van der Waals surface area contributed by atoms with E-state index < -0.39 is 5.54 Å². The Balaban J connectivity index is 1.32. The van der Waals surface area contributed by atoms with E-state index in [0.717, 1.165) is 42.7 Å². The second-order valence-corrected chi connectivity index (χ2v) is 8.21. The Hall–Kier alpha value is -3.36. The Morgan fingerprint density at radius 3 is 2.81 bits per heavy atom. The van der Waals surface area contributed by atoms with E-state index in [0.29, 0.717) is 36.5 Å². The molecule has 0 bridgehead atoms. The van der Waals surface area contributed by atoms with Crippen LogP contribution in [-0.2, 0) is 23.8 Å². The highest BCUT2D eigenvalue weighted by molar-refractivity contribution is 5.77. The maximum absolute atomic E-state index is 12.9. The molecule has 1 aliphatic heterocycles. The summed E-state index contributed by atoms with van der Waals surface area (Å²) in [5.74, 6) is 1.89. The second kappa shape index (κ2) is 7.72. The number of hydrogen-bond donors (Lipinski definition) is 2. The Bertz CT molecular complexity index is 1190. The van der Waals surface area contributed by atoms with Gasteiger partial charge in [-0.05, 0) is 30.5 Å². The van der Waals surface area contributed by atoms with E-state index in [1.54, 1.807) is 11.7 Å². The third kappa shape index (κ3) is 3.64. The molecule has 0 saturated heterocycles. The maximum atomic E-state index is 12.9. The molecule has 1 saturated carbocycles. The van der Waals surface area contributed by atoms with Crippen molar-refractivity contribution in [2.75, 3.05) is 13.2 Å². The van der Waals surface area contributed by atoms with Crippen LogP contribution in [0.4, 0.5) is 0 Å². The summed E-state index contributed by atoms with van der Waals surface area (Å²) in [6.07, 6.45) is 5.96. The number of nitrogens with zero attached hydrogens (tertiary/aromatic N) is 3. The summed E-state index contributed by atoms with van der Waals surface area (Å²) in [6.45, 7) is 1.08. The van der Waals surface area contributed by atoms with Crippen LogP contribution in [0.1, 0.15) is 43.5 Å². The molecule has 31 heavy (non-hydrogen) atoms. The van der Waals surface area contributed by atoms with Gasteiger partial charge in [-0.1, -0.05) is 18.9 Å². The number of amides is 1. The van der Waals surface area contributed by atoms with E-state index in [9.17, 15) is 9.59 Å². The monoisotopic (exact) mass is 423 g/mol. The average Bonchev–Trinajstić information content (AvgIpc) is 3.40. The molecule has 2 N–H and O–H groups in total. The molecular weight excluding hydrogens is 398 g/mol. The molecule has 1 aromatic carbocycles. The first-order valence-corrected chi connectivity index (χ1v) is 10.7. The highest BCUT2D eigenvalue weighted by atomic mass is 16.6. The van der Waals surface area contributed by atoms with Crippen LogP contribution in [0, 0.1) is 0 Å². The number of carbonyl (C=O) groups is 1. The van der Waals surface area contributed by atoms with Crippen LogP contribution in [-0.4, -0.2) is 38.9 Å². The summed E-state index contributed by atoms with van der Waals surface area (Å²) >= 11 is 0. The predicted octanol–water partition coefficient (Wildman–Crippen LogP) is 1.95. The van der Waals surface area contributed by atoms with Gasteiger partial charge in [0.15, 0.2) is 17.1 Å². The van der Waals surface area contributed by atoms with Crippen LogP contribution in [0.15, 0.2) is 29.2 Å². The summed E-state index contributed by atoms with van der Waals surface area (Å²) in [6, 6.07) is 5.94. The zero-order valence-corrected chi connectivity index (χ0v) is 17.4. The molecule has 0 atom stereocenters. The van der Waals surface area contributed by atoms with E-state index in [-0.39, 0.29) is 17.9 Å². The lowest BCUT2D eigenvalue weighted by molar-refractivity contribution is -0.123. The van der Waals surface area contributed by atoms with Gasteiger partial charge in [-0.2, -0.15) is 5.10 Å². The number of aryl methyl sites for hydroxylation is 2. The Labute approximate surface area is 178 Å². The number of hydrogen-bond acceptors (Lipinski definition) is 6. The predicted molar refractivity (Wildman–Crippen MR) is 113 cm³/mol. The normalized spacial score (nSPS) is 17.1. The molecule has 162 valence electrons. The fourth-order valence-electron chi connectivity index (χ4n) is 4.56. The number of aromatic amines is 1. The summed E-state index contributed by atoms with van der Waals surface area (Å²) in [7, 11) is 1.74. The number of rotatable bonds is 5. The number of carbonyl (C=O) groups excluding carboxylic acids is 1. The number of ether oxygens (including phenoxy) is 2. The first-order valence-electron chi connectivity index (χ1n) is 10.7. The van der Waals surface area contributed by atoms with Crippen LogP contribution >= 0.6 is 0 Å². The Morgan fingerprint density at radius 1 is 1.23 bits per heavy atom. The lowest BCUT2D eigenvalue weighted by atomic mass is 9.87. The van der Waals surface area contributed by atoms with Gasteiger partial charge in [0.2, 0.25) is 5.91 Å². The smallest absolute Gasteiger partial charge is 0.262 e. The average molecular weight is 423 g/mol. The van der Waals surface area contributed by atoms with Crippen molar-refractivity contribution in [1.29, 1.82) is 0 Å². The van der Waals surface area contributed by atoms with Gasteiger partial charge >= 0.3 is 0 Å². The molecule has 3 aromatic rings. The summed E-state index contributed by atoms with van der Waals surface area (Å²) in [5, 5.41) is 7.79. The van der Waals surface area contributed by atoms with Gasteiger partial charge < -0.3 is 19.8 Å². The summed E-state index contributed by atoms with van der Waals surface area (Å²) in [4.78, 5) is 32.3. The number of benzene rings is 1. The lowest BCUT2D eigenvalue weighted by Gasteiger charge is -2.32. The minimum Gasteiger partial charge on any atom is -0.486 e. The largest absolute Gasteiger partial charge is 0.486 e. The zero-order valence-electron chi connectivity index (χ0n) is 17.4. The number of H-pyrrole nitrogens is 1. The molecule has 9 heteroatoms. The molecule has 3 heterocycles. The van der Waals surface area contributed by atoms with Gasteiger partial charge in [0.05, 0.1) is 11.7 Å². The van der Waals surface area contributed by atoms with E-state index in [1.807, 2.05) is 18.2 Å². The standard InChI is InChI=1S/C22H25N5O4/c1-27-20-15(13-23-27)21(29)25-18(24-20)6-7-19(28)26-22(8-2-3-9-22)14-4-5-16-17(12-14)31-11-10-30-16/h4-5,12-13H,2-3,6-11H2,1H3,(H,26,28)(H,24,25,29). The van der Waals surface area contributed by atoms with Crippen molar-refractivity contribution in [3.63, 3.8) is 0 Å². The molecule has 1 amide bonds. The fourth-order valence-corrected chi connectivity index (χ4v) is 4.56. The van der Waals surface area contributed by atoms with Crippen LogP contribution in [0.2, 0.25) is 0 Å². The molecule has 0 radical (unpaired) electrons. The van der Waals surface area contributed by atoms with E-state index in [2.05, 4.69) is 20.4 Å². The minimum atomic E-state index is -0.403. The van der Waals surface area contributed by atoms with E-state index >= 15 is 0 Å². The second-order valence-electron chi connectivity index (χ2n) is 8.21. The summed E-state index contributed by atoms with van der Waals surface area (Å²) in [5.41, 5.74) is 0.921. The molecule has 0 unspecified atom stereocenters. The van der Waals surface area contributed by atoms with Crippen LogP contribution in [0.3, 0.4) is 0 Å². The summed E-state index contributed by atoms with van der Waals surface area (Å²) < 4.78 is 12.9. The van der Waals surface area contributed by atoms with Crippen molar-refractivity contribution in [3.05, 3.63) is 46.1 Å². The van der Waals surface area contributed by atoms with Gasteiger partial charge in [-0.3, -0.25) is 14.3 Å². The zero-order chi connectivity index (χ0) is 21.4. The van der Waals surface area contributed by atoms with Crippen LogP contribution in [0.25, 0.3) is 11.0 Å². The molecule has 0 spiro atoms. The van der Waals surface area contributed by atoms with E-state index in [4.69, 9.17) is 9.47 Å². The minimum absolute atomic E-state index is 0.0652. The quantitative estimate of drug-likeness (QED) is 0.649. The molecule has 2 aromatic heterocycles. The third-order valence-corrected chi connectivity index (χ3v) is 6.17. The van der Waals surface area contributed by atoms with Crippen molar-refractivity contribution in [2.24, 2.45) is 7.05 Å². The van der Waals surface area contributed by atoms with Gasteiger partial charge in [0, 0.05) is 19.9 Å². The highest BCUT2D eigenvalue weighted by Gasteiger charge is 2.37. The molecule has 9 nitrogen and oxygen atoms in total. The number of nitrogens with one attached hydrogen (secondary N) is 2. The van der Waals surface area contributed by atoms with Crippen molar-refractivity contribution < 1.29 is 14.3 Å². The molecule has 5 rings (SSSR count). The number of fused-ring (bicyclic) bond motifs is 2. The van der Waals surface area contributed by atoms with Crippen molar-refractivity contribution in [1.82, 2.24) is 25.1 Å². The van der Waals surface area contributed by atoms with Gasteiger partial charge in [0.1, 0.15) is 24.4 Å². The SMILES string of the molecule is Cn1ncc2c(=O)[nH]c(CCC(=O)NC3(c4ccc5c(c4)OCCO5)CCCC3)nc21. The molecular formula is C22H25N5O4. The van der Waals surface area contributed by atoms with Crippen LogP contribution < -0.4 is 20.3 Å². The first-order chi connectivity index (χ1) is 15.0. The van der Waals surface area contributed by atoms with E-state index in [1.165, 1.54) is 6.20 Å².